The summed E-state index contributed by atoms with van der Waals surface area (Å²) in [6, 6.07) is 0. The quantitative estimate of drug-likeness (QED) is 0.340. The topological polar surface area (TPSA) is 0 Å². The molecule has 0 bridgehead atoms. The van der Waals surface area contributed by atoms with Gasteiger partial charge in [0.05, 0.1) is 0 Å². The fourth-order valence-electron chi connectivity index (χ4n) is 1.43. The standard InChI is InChI=1S/C8H6F16P/c1-25(2,23,24,7(19,20)3(9,10)5(13,14)15)8(21,22)4(11,12)6(16,17)18/h1-2H3/q-1. The summed E-state index contributed by atoms with van der Waals surface area (Å²) < 4.78 is 204. The molecule has 25 heavy (non-hydrogen) atoms. The van der Waals surface area contributed by atoms with Crippen molar-refractivity contribution < 1.29 is 69.9 Å². The van der Waals surface area contributed by atoms with Crippen molar-refractivity contribution in [1.29, 1.82) is 0 Å². The van der Waals surface area contributed by atoms with Crippen LogP contribution in [-0.2, 0) is 0 Å². The molecule has 0 fully saturated rings. The van der Waals surface area contributed by atoms with Gasteiger partial charge in [-0.25, -0.2) is 0 Å². The minimum atomic E-state index is -11.5. The van der Waals surface area contributed by atoms with Gasteiger partial charge in [0.15, 0.2) is 0 Å². The zero-order chi connectivity index (χ0) is 21.4. The summed E-state index contributed by atoms with van der Waals surface area (Å²) in [5.41, 5.74) is -16.7. The van der Waals surface area contributed by atoms with Gasteiger partial charge in [-0.1, -0.05) is 0 Å². The van der Waals surface area contributed by atoms with E-state index in [9.17, 15) is 69.9 Å². The normalized spacial score (nSPS) is 19.4. The van der Waals surface area contributed by atoms with Crippen molar-refractivity contribution >= 4 is 6.57 Å². The summed E-state index contributed by atoms with van der Waals surface area (Å²) in [6.45, 7) is -15.7. The van der Waals surface area contributed by atoms with Crippen LogP contribution >= 0.6 is 6.57 Å². The van der Waals surface area contributed by atoms with Gasteiger partial charge in [-0.3, -0.25) is 0 Å². The molecule has 0 aromatic rings. The van der Waals surface area contributed by atoms with Gasteiger partial charge < -0.3 is 0 Å². The van der Waals surface area contributed by atoms with E-state index in [0.29, 0.717) is 0 Å². The number of hydrogen-bond donors (Lipinski definition) is 0. The van der Waals surface area contributed by atoms with Crippen molar-refractivity contribution in [2.45, 2.75) is 35.5 Å². The molecule has 0 aromatic heterocycles. The van der Waals surface area contributed by atoms with Gasteiger partial charge in [0.1, 0.15) is 0 Å². The Hall–Kier alpha value is -0.690. The summed E-state index contributed by atoms with van der Waals surface area (Å²) >= 11 is 0. The van der Waals surface area contributed by atoms with Crippen LogP contribution in [0.1, 0.15) is 0 Å². The Kier molecular flexibility index (Phi) is 4.46. The summed E-state index contributed by atoms with van der Waals surface area (Å²) in [5.74, 6) is -16.1. The Balaban J connectivity index is 7.15. The number of hydrogen-bond acceptors (Lipinski definition) is 0. The third-order valence-corrected chi connectivity index (χ3v) is 7.52. The van der Waals surface area contributed by atoms with Gasteiger partial charge in [-0.15, -0.1) is 0 Å². The van der Waals surface area contributed by atoms with E-state index in [0.717, 1.165) is 0 Å². The molecule has 0 saturated carbocycles. The molecule has 0 aliphatic rings. The molecule has 0 heterocycles. The molecule has 0 rings (SSSR count). The van der Waals surface area contributed by atoms with Crippen LogP contribution in [0.5, 0.6) is 0 Å². The van der Waals surface area contributed by atoms with Crippen LogP contribution in [0.3, 0.4) is 0 Å². The van der Waals surface area contributed by atoms with Gasteiger partial charge in [-0.2, -0.15) is 0 Å². The van der Waals surface area contributed by atoms with E-state index in [4.69, 9.17) is 0 Å². The van der Waals surface area contributed by atoms with Gasteiger partial charge in [0.25, 0.3) is 0 Å². The first-order chi connectivity index (χ1) is 10.0. The Labute approximate surface area is 126 Å². The van der Waals surface area contributed by atoms with Crippen LogP contribution in [0.4, 0.5) is 69.9 Å². The van der Waals surface area contributed by atoms with Crippen molar-refractivity contribution in [2.24, 2.45) is 0 Å². The molecule has 156 valence electrons. The summed E-state index contributed by atoms with van der Waals surface area (Å²) in [6.07, 6.45) is -15.4. The summed E-state index contributed by atoms with van der Waals surface area (Å²) in [7, 11) is 0. The van der Waals surface area contributed by atoms with E-state index >= 15 is 0 Å². The number of rotatable bonds is 4. The Bertz CT molecular complexity index is 496. The average Bonchev–Trinajstić information content (AvgIpc) is 2.22. The third kappa shape index (κ3) is 2.48. The zero-order valence-corrected chi connectivity index (χ0v) is 12.4. The van der Waals surface area contributed by atoms with E-state index in [1.807, 2.05) is 0 Å². The first-order valence-corrected chi connectivity index (χ1v) is 8.68. The number of alkyl halides is 14. The third-order valence-electron chi connectivity index (χ3n) is 3.30. The number of halogens is 16. The van der Waals surface area contributed by atoms with Crippen LogP contribution in [0.25, 0.3) is 0 Å². The van der Waals surface area contributed by atoms with Crippen molar-refractivity contribution in [3.05, 3.63) is 0 Å². The second-order valence-electron chi connectivity index (χ2n) is 5.76. The molecule has 0 N–H and O–H groups in total. The van der Waals surface area contributed by atoms with Gasteiger partial charge >= 0.3 is 125 Å². The molecule has 17 heteroatoms. The molecule has 0 atom stereocenters. The fourth-order valence-corrected chi connectivity index (χ4v) is 3.87. The van der Waals surface area contributed by atoms with Crippen LogP contribution < -0.4 is 0 Å². The SMILES string of the molecule is C[P-](C)(F)(F)(C(F)(F)C(F)(F)C(F)(F)F)C(F)(F)C(F)(F)C(F)(F)F. The van der Waals surface area contributed by atoms with E-state index in [1.54, 1.807) is 0 Å². The van der Waals surface area contributed by atoms with Crippen molar-refractivity contribution in [2.75, 3.05) is 13.3 Å². The van der Waals surface area contributed by atoms with E-state index < -0.39 is 55.4 Å². The molecular formula is C8H6F16P-. The molecule has 0 unspecified atom stereocenters. The molecule has 0 aromatic carbocycles. The molecule has 0 aliphatic carbocycles. The predicted molar refractivity (Wildman–Crippen MR) is 52.9 cm³/mol. The molecule has 0 saturated heterocycles. The van der Waals surface area contributed by atoms with Crippen molar-refractivity contribution in [3.63, 3.8) is 0 Å². The van der Waals surface area contributed by atoms with Crippen LogP contribution in [0.15, 0.2) is 0 Å². The Morgan fingerprint density at radius 2 is 0.600 bits per heavy atom. The van der Waals surface area contributed by atoms with Gasteiger partial charge in [0, 0.05) is 0 Å². The fraction of sp³-hybridized carbons (Fsp3) is 1.00. The molecule has 0 aliphatic heterocycles. The first kappa shape index (κ1) is 24.3. The first-order valence-electron chi connectivity index (χ1n) is 5.33. The second-order valence-corrected chi connectivity index (χ2v) is 11.9. The maximum absolute atomic E-state index is 14.1. The van der Waals surface area contributed by atoms with Gasteiger partial charge in [-0.05, 0) is 0 Å². The molecule has 0 nitrogen and oxygen atoms in total. The minimum absolute atomic E-state index is 2.11. The average molecular weight is 437 g/mol. The van der Waals surface area contributed by atoms with E-state index in [-0.39, 0.29) is 0 Å². The zero-order valence-electron chi connectivity index (χ0n) is 11.5. The maximum atomic E-state index is 14.1. The predicted octanol–water partition coefficient (Wildman–Crippen LogP) is 6.68. The molecule has 0 amide bonds. The van der Waals surface area contributed by atoms with Gasteiger partial charge in [0.2, 0.25) is 0 Å². The van der Waals surface area contributed by atoms with E-state index in [1.165, 1.54) is 0 Å². The van der Waals surface area contributed by atoms with Crippen LogP contribution in [0.2, 0.25) is 0 Å². The van der Waals surface area contributed by atoms with Crippen LogP contribution in [-0.4, -0.2) is 48.9 Å². The van der Waals surface area contributed by atoms with Crippen LogP contribution in [0, 0.1) is 0 Å². The summed E-state index contributed by atoms with van der Waals surface area (Å²) in [4.78, 5) is 0. The molecule has 0 spiro atoms. The van der Waals surface area contributed by atoms with E-state index in [2.05, 4.69) is 0 Å². The van der Waals surface area contributed by atoms with Crippen molar-refractivity contribution in [1.82, 2.24) is 0 Å². The Morgan fingerprint density at radius 3 is 0.720 bits per heavy atom. The van der Waals surface area contributed by atoms with Crippen molar-refractivity contribution in [3.8, 4) is 0 Å². The Morgan fingerprint density at radius 1 is 0.440 bits per heavy atom. The molecule has 0 radical (unpaired) electrons. The summed E-state index contributed by atoms with van der Waals surface area (Å²) in [5, 5.41) is 0. The monoisotopic (exact) mass is 437 g/mol. The second kappa shape index (κ2) is 4.58. The molecular weight excluding hydrogens is 431 g/mol.